The van der Waals surface area contributed by atoms with Crippen molar-refractivity contribution in [3.63, 3.8) is 0 Å². The molecule has 1 aromatic rings. The summed E-state index contributed by atoms with van der Waals surface area (Å²) in [7, 11) is 0. The molecular formula is C11H14O3. The first kappa shape index (κ1) is 9.19. The van der Waals surface area contributed by atoms with E-state index in [4.69, 9.17) is 0 Å². The number of benzene rings is 1. The lowest BCUT2D eigenvalue weighted by Gasteiger charge is -2.11. The average Bonchev–Trinajstić information content (AvgIpc) is 2.39. The molecule has 3 N–H and O–H groups in total. The highest BCUT2D eigenvalue weighted by molar-refractivity contribution is 5.55. The van der Waals surface area contributed by atoms with E-state index in [1.165, 1.54) is 6.07 Å². The van der Waals surface area contributed by atoms with Crippen molar-refractivity contribution in [3.05, 3.63) is 17.2 Å². The third-order valence-electron chi connectivity index (χ3n) is 2.83. The van der Waals surface area contributed by atoms with Gasteiger partial charge in [0.25, 0.3) is 0 Å². The fourth-order valence-electron chi connectivity index (χ4n) is 2.07. The van der Waals surface area contributed by atoms with E-state index in [0.717, 1.165) is 43.2 Å². The lowest BCUT2D eigenvalue weighted by Crippen LogP contribution is -1.92. The van der Waals surface area contributed by atoms with Gasteiger partial charge in [0.2, 0.25) is 0 Å². The summed E-state index contributed by atoms with van der Waals surface area (Å²) < 4.78 is 0. The Morgan fingerprint density at radius 3 is 2.14 bits per heavy atom. The second-order valence-electron chi connectivity index (χ2n) is 3.78. The lowest BCUT2D eigenvalue weighted by atomic mass is 10.0. The van der Waals surface area contributed by atoms with Gasteiger partial charge in [-0.3, -0.25) is 0 Å². The quantitative estimate of drug-likeness (QED) is 0.336. The van der Waals surface area contributed by atoms with Gasteiger partial charge in [-0.05, 0) is 25.7 Å². The number of phenols is 3. The Balaban J connectivity index is 2.57. The molecule has 0 unspecified atom stereocenters. The van der Waals surface area contributed by atoms with Gasteiger partial charge in [0.1, 0.15) is 5.75 Å². The predicted octanol–water partition coefficient (Wildman–Crippen LogP) is 2.07. The van der Waals surface area contributed by atoms with E-state index in [9.17, 15) is 15.3 Å². The summed E-state index contributed by atoms with van der Waals surface area (Å²) in [5.74, 6) is -0.167. The standard InChI is InChI=1S/C11H14O3/c12-9-6-10(13)11(14)8-5-3-1-2-4-7(8)9/h6,12-14H,1-5H2. The van der Waals surface area contributed by atoms with E-state index >= 15 is 0 Å². The second kappa shape index (κ2) is 3.40. The van der Waals surface area contributed by atoms with Gasteiger partial charge < -0.3 is 15.3 Å². The van der Waals surface area contributed by atoms with Crippen LogP contribution in [-0.2, 0) is 12.8 Å². The van der Waals surface area contributed by atoms with Crippen molar-refractivity contribution in [2.24, 2.45) is 0 Å². The number of fused-ring (bicyclic) bond motifs is 1. The highest BCUT2D eigenvalue weighted by atomic mass is 16.3. The molecule has 0 spiro atoms. The Morgan fingerprint density at radius 2 is 1.43 bits per heavy atom. The topological polar surface area (TPSA) is 60.7 Å². The van der Waals surface area contributed by atoms with Gasteiger partial charge in [-0.2, -0.15) is 0 Å². The maximum Gasteiger partial charge on any atom is 0.161 e. The molecule has 1 aromatic carbocycles. The summed E-state index contributed by atoms with van der Waals surface area (Å²) in [6, 6.07) is 1.22. The van der Waals surface area contributed by atoms with Crippen molar-refractivity contribution >= 4 is 0 Å². The summed E-state index contributed by atoms with van der Waals surface area (Å²) in [5, 5.41) is 28.6. The van der Waals surface area contributed by atoms with Crippen molar-refractivity contribution < 1.29 is 15.3 Å². The summed E-state index contributed by atoms with van der Waals surface area (Å²) in [5.41, 5.74) is 1.53. The van der Waals surface area contributed by atoms with E-state index < -0.39 is 0 Å². The van der Waals surface area contributed by atoms with Gasteiger partial charge in [0, 0.05) is 17.2 Å². The Hall–Kier alpha value is -1.38. The van der Waals surface area contributed by atoms with Crippen LogP contribution in [0.5, 0.6) is 17.2 Å². The molecule has 3 nitrogen and oxygen atoms in total. The zero-order chi connectivity index (χ0) is 10.1. The third-order valence-corrected chi connectivity index (χ3v) is 2.83. The molecule has 1 aliphatic rings. The van der Waals surface area contributed by atoms with Crippen LogP contribution in [0.4, 0.5) is 0 Å². The molecule has 0 amide bonds. The van der Waals surface area contributed by atoms with Crippen molar-refractivity contribution in [3.8, 4) is 17.2 Å². The van der Waals surface area contributed by atoms with E-state index in [2.05, 4.69) is 0 Å². The fourth-order valence-corrected chi connectivity index (χ4v) is 2.07. The first-order chi connectivity index (χ1) is 6.70. The predicted molar refractivity (Wildman–Crippen MR) is 52.7 cm³/mol. The van der Waals surface area contributed by atoms with Crippen molar-refractivity contribution in [1.29, 1.82) is 0 Å². The Bertz CT molecular complexity index is 358. The molecule has 14 heavy (non-hydrogen) atoms. The average molecular weight is 194 g/mol. The highest BCUT2D eigenvalue weighted by Gasteiger charge is 2.18. The first-order valence-corrected chi connectivity index (χ1v) is 4.96. The number of rotatable bonds is 0. The van der Waals surface area contributed by atoms with E-state index in [0.29, 0.717) is 0 Å². The van der Waals surface area contributed by atoms with Crippen LogP contribution in [-0.4, -0.2) is 15.3 Å². The number of hydrogen-bond acceptors (Lipinski definition) is 3. The van der Waals surface area contributed by atoms with Crippen LogP contribution in [0.2, 0.25) is 0 Å². The molecule has 3 heteroatoms. The van der Waals surface area contributed by atoms with Crippen molar-refractivity contribution in [2.45, 2.75) is 32.1 Å². The molecule has 0 aliphatic heterocycles. The minimum absolute atomic E-state index is 0.0558. The van der Waals surface area contributed by atoms with E-state index in [1.807, 2.05) is 0 Å². The van der Waals surface area contributed by atoms with Crippen molar-refractivity contribution in [1.82, 2.24) is 0 Å². The molecule has 2 rings (SSSR count). The normalized spacial score (nSPS) is 16.0. The smallest absolute Gasteiger partial charge is 0.161 e. The summed E-state index contributed by atoms with van der Waals surface area (Å²) in [6.07, 6.45) is 4.67. The molecule has 1 aliphatic carbocycles. The summed E-state index contributed by atoms with van der Waals surface area (Å²) in [4.78, 5) is 0. The van der Waals surface area contributed by atoms with Gasteiger partial charge in [-0.25, -0.2) is 0 Å². The molecule has 0 aromatic heterocycles. The Kier molecular flexibility index (Phi) is 2.23. The molecule has 0 fully saturated rings. The number of hydrogen-bond donors (Lipinski definition) is 3. The highest BCUT2D eigenvalue weighted by Crippen LogP contribution is 2.40. The Labute approximate surface area is 82.6 Å². The molecule has 0 heterocycles. The fraction of sp³-hybridized carbons (Fsp3) is 0.455. The molecule has 0 bridgehead atoms. The van der Waals surface area contributed by atoms with Crippen LogP contribution in [0.25, 0.3) is 0 Å². The van der Waals surface area contributed by atoms with E-state index in [1.54, 1.807) is 0 Å². The minimum atomic E-state index is -0.219. The third kappa shape index (κ3) is 1.39. The van der Waals surface area contributed by atoms with Crippen molar-refractivity contribution in [2.75, 3.05) is 0 Å². The molecule has 0 radical (unpaired) electrons. The van der Waals surface area contributed by atoms with Crippen LogP contribution in [0.15, 0.2) is 6.07 Å². The maximum absolute atomic E-state index is 9.63. The van der Waals surface area contributed by atoms with Gasteiger partial charge >= 0.3 is 0 Å². The monoisotopic (exact) mass is 194 g/mol. The van der Waals surface area contributed by atoms with Gasteiger partial charge in [0.05, 0.1) is 0 Å². The largest absolute Gasteiger partial charge is 0.508 e. The minimum Gasteiger partial charge on any atom is -0.508 e. The maximum atomic E-state index is 9.63. The molecule has 0 saturated heterocycles. The number of aromatic hydroxyl groups is 3. The zero-order valence-electron chi connectivity index (χ0n) is 7.95. The van der Waals surface area contributed by atoms with Gasteiger partial charge in [0.15, 0.2) is 11.5 Å². The second-order valence-corrected chi connectivity index (χ2v) is 3.78. The summed E-state index contributed by atoms with van der Waals surface area (Å²) >= 11 is 0. The molecule has 0 saturated carbocycles. The summed E-state index contributed by atoms with van der Waals surface area (Å²) in [6.45, 7) is 0. The van der Waals surface area contributed by atoms with Crippen LogP contribution >= 0.6 is 0 Å². The zero-order valence-corrected chi connectivity index (χ0v) is 7.95. The van der Waals surface area contributed by atoms with Crippen LogP contribution in [0.1, 0.15) is 30.4 Å². The van der Waals surface area contributed by atoms with Gasteiger partial charge in [-0.15, -0.1) is 0 Å². The molecule has 0 atom stereocenters. The number of phenolic OH excluding ortho intramolecular Hbond substituents is 3. The molecular weight excluding hydrogens is 180 g/mol. The Morgan fingerprint density at radius 1 is 0.786 bits per heavy atom. The van der Waals surface area contributed by atoms with Crippen LogP contribution < -0.4 is 0 Å². The van der Waals surface area contributed by atoms with E-state index in [-0.39, 0.29) is 17.2 Å². The lowest BCUT2D eigenvalue weighted by molar-refractivity contribution is 0.390. The van der Waals surface area contributed by atoms with Gasteiger partial charge in [-0.1, -0.05) is 6.42 Å². The SMILES string of the molecule is Oc1cc(O)c2c(c1O)CCCCC2. The first-order valence-electron chi connectivity index (χ1n) is 4.96. The van der Waals surface area contributed by atoms with Crippen LogP contribution in [0.3, 0.4) is 0 Å². The molecule has 76 valence electrons. The van der Waals surface area contributed by atoms with Crippen LogP contribution in [0, 0.1) is 0 Å².